The number of carbonyl (C=O) groups excluding carboxylic acids is 1. The van der Waals surface area contributed by atoms with Gasteiger partial charge < -0.3 is 10.1 Å². The van der Waals surface area contributed by atoms with E-state index in [1.807, 2.05) is 30.3 Å². The molecule has 0 spiro atoms. The molecule has 1 saturated carbocycles. The average Bonchev–Trinajstić information content (AvgIpc) is 3.24. The van der Waals surface area contributed by atoms with Crippen LogP contribution in [0.5, 0.6) is 0 Å². The highest BCUT2D eigenvalue weighted by Crippen LogP contribution is 2.38. The standard InChI is InChI=1S/C16H19N3O2/c1-21-10-13-5-3-2-4-12(13)9-17-16(20)15-8-14(18-19-15)11-6-7-11/h2-5,8,11H,6-7,9-10H2,1H3,(H,17,20)(H,18,19). The molecule has 1 fully saturated rings. The molecule has 0 bridgehead atoms. The van der Waals surface area contributed by atoms with Gasteiger partial charge in [0.05, 0.1) is 6.61 Å². The van der Waals surface area contributed by atoms with E-state index in [1.165, 1.54) is 12.8 Å². The number of aromatic nitrogens is 2. The van der Waals surface area contributed by atoms with Gasteiger partial charge in [0, 0.05) is 25.3 Å². The van der Waals surface area contributed by atoms with Crippen LogP contribution in [0.3, 0.4) is 0 Å². The minimum Gasteiger partial charge on any atom is -0.380 e. The van der Waals surface area contributed by atoms with Gasteiger partial charge in [0.15, 0.2) is 0 Å². The second kappa shape index (κ2) is 6.10. The summed E-state index contributed by atoms with van der Waals surface area (Å²) in [5.41, 5.74) is 3.67. The zero-order valence-electron chi connectivity index (χ0n) is 12.1. The molecule has 21 heavy (non-hydrogen) atoms. The molecule has 3 rings (SSSR count). The fourth-order valence-electron chi connectivity index (χ4n) is 2.35. The van der Waals surface area contributed by atoms with Gasteiger partial charge in [0.25, 0.3) is 5.91 Å². The molecule has 1 aromatic carbocycles. The Bertz CT molecular complexity index is 632. The molecule has 0 atom stereocenters. The van der Waals surface area contributed by atoms with Crippen molar-refractivity contribution >= 4 is 5.91 Å². The number of ether oxygens (including phenoxy) is 1. The van der Waals surface area contributed by atoms with Crippen LogP contribution in [0, 0.1) is 0 Å². The van der Waals surface area contributed by atoms with E-state index in [4.69, 9.17) is 4.74 Å². The molecule has 1 heterocycles. The number of aromatic amines is 1. The van der Waals surface area contributed by atoms with Crippen LogP contribution in [-0.4, -0.2) is 23.2 Å². The van der Waals surface area contributed by atoms with Gasteiger partial charge in [0.1, 0.15) is 5.69 Å². The van der Waals surface area contributed by atoms with Crippen molar-refractivity contribution in [2.45, 2.75) is 31.9 Å². The maximum absolute atomic E-state index is 12.1. The molecule has 1 amide bonds. The van der Waals surface area contributed by atoms with Gasteiger partial charge >= 0.3 is 0 Å². The zero-order chi connectivity index (χ0) is 14.7. The minimum atomic E-state index is -0.148. The number of nitrogens with one attached hydrogen (secondary N) is 2. The molecule has 1 aliphatic rings. The molecule has 1 aliphatic carbocycles. The fourth-order valence-corrected chi connectivity index (χ4v) is 2.35. The Balaban J connectivity index is 1.62. The lowest BCUT2D eigenvalue weighted by molar-refractivity contribution is 0.0945. The molecular weight excluding hydrogens is 266 g/mol. The smallest absolute Gasteiger partial charge is 0.272 e. The lowest BCUT2D eigenvalue weighted by Gasteiger charge is -2.09. The molecule has 0 unspecified atom stereocenters. The summed E-state index contributed by atoms with van der Waals surface area (Å²) in [6, 6.07) is 9.78. The summed E-state index contributed by atoms with van der Waals surface area (Å²) in [7, 11) is 1.67. The highest BCUT2D eigenvalue weighted by molar-refractivity contribution is 5.92. The third-order valence-electron chi connectivity index (χ3n) is 3.71. The van der Waals surface area contributed by atoms with E-state index in [-0.39, 0.29) is 5.91 Å². The quantitative estimate of drug-likeness (QED) is 0.856. The molecule has 2 N–H and O–H groups in total. The van der Waals surface area contributed by atoms with E-state index in [9.17, 15) is 4.79 Å². The van der Waals surface area contributed by atoms with Gasteiger partial charge in [-0.1, -0.05) is 24.3 Å². The van der Waals surface area contributed by atoms with E-state index in [2.05, 4.69) is 15.5 Å². The highest BCUT2D eigenvalue weighted by atomic mass is 16.5. The van der Waals surface area contributed by atoms with Crippen LogP contribution in [0.25, 0.3) is 0 Å². The second-order valence-corrected chi connectivity index (χ2v) is 5.37. The summed E-state index contributed by atoms with van der Waals surface area (Å²) in [6.07, 6.45) is 2.38. The van der Waals surface area contributed by atoms with Crippen molar-refractivity contribution in [2.24, 2.45) is 0 Å². The van der Waals surface area contributed by atoms with Gasteiger partial charge in [0.2, 0.25) is 0 Å². The monoisotopic (exact) mass is 285 g/mol. The maximum Gasteiger partial charge on any atom is 0.272 e. The molecule has 1 aromatic heterocycles. The number of nitrogens with zero attached hydrogens (tertiary/aromatic N) is 1. The number of H-pyrrole nitrogens is 1. The molecule has 5 nitrogen and oxygen atoms in total. The third-order valence-corrected chi connectivity index (χ3v) is 3.71. The number of benzene rings is 1. The van der Waals surface area contributed by atoms with Gasteiger partial charge in [-0.15, -0.1) is 0 Å². The van der Waals surface area contributed by atoms with Gasteiger partial charge in [-0.05, 0) is 30.0 Å². The molecular formula is C16H19N3O2. The molecule has 0 radical (unpaired) electrons. The van der Waals surface area contributed by atoms with Gasteiger partial charge in [-0.2, -0.15) is 5.10 Å². The van der Waals surface area contributed by atoms with Crippen molar-refractivity contribution in [2.75, 3.05) is 7.11 Å². The SMILES string of the molecule is COCc1ccccc1CNC(=O)c1cc(C2CC2)[nH]n1. The first-order valence-corrected chi connectivity index (χ1v) is 7.17. The van der Waals surface area contributed by atoms with Crippen molar-refractivity contribution < 1.29 is 9.53 Å². The first-order valence-electron chi connectivity index (χ1n) is 7.17. The number of rotatable bonds is 6. The van der Waals surface area contributed by atoms with E-state index in [0.29, 0.717) is 24.8 Å². The van der Waals surface area contributed by atoms with E-state index < -0.39 is 0 Å². The van der Waals surface area contributed by atoms with E-state index in [1.54, 1.807) is 7.11 Å². The largest absolute Gasteiger partial charge is 0.380 e. The molecule has 5 heteroatoms. The van der Waals surface area contributed by atoms with Crippen LogP contribution >= 0.6 is 0 Å². The minimum absolute atomic E-state index is 0.148. The second-order valence-electron chi connectivity index (χ2n) is 5.37. The predicted molar refractivity (Wildman–Crippen MR) is 78.9 cm³/mol. The van der Waals surface area contributed by atoms with E-state index >= 15 is 0 Å². The van der Waals surface area contributed by atoms with Crippen molar-refractivity contribution in [1.29, 1.82) is 0 Å². The Hall–Kier alpha value is -2.14. The Kier molecular flexibility index (Phi) is 4.01. The average molecular weight is 285 g/mol. The summed E-state index contributed by atoms with van der Waals surface area (Å²) >= 11 is 0. The number of hydrogen-bond donors (Lipinski definition) is 2. The predicted octanol–water partition coefficient (Wildman–Crippen LogP) is 2.36. The first kappa shape index (κ1) is 13.8. The number of methoxy groups -OCH3 is 1. The Morgan fingerprint density at radius 3 is 2.86 bits per heavy atom. The van der Waals surface area contributed by atoms with Crippen LogP contribution in [0.1, 0.15) is 46.1 Å². The number of amides is 1. The van der Waals surface area contributed by atoms with Gasteiger partial charge in [-0.25, -0.2) is 0 Å². The van der Waals surface area contributed by atoms with Crippen LogP contribution in [0.2, 0.25) is 0 Å². The molecule has 110 valence electrons. The summed E-state index contributed by atoms with van der Waals surface area (Å²) in [5, 5.41) is 9.94. The van der Waals surface area contributed by atoms with Crippen LogP contribution < -0.4 is 5.32 Å². The summed E-state index contributed by atoms with van der Waals surface area (Å²) < 4.78 is 5.17. The lowest BCUT2D eigenvalue weighted by atomic mass is 10.1. The van der Waals surface area contributed by atoms with Crippen LogP contribution in [0.4, 0.5) is 0 Å². The van der Waals surface area contributed by atoms with Crippen LogP contribution in [0.15, 0.2) is 30.3 Å². The zero-order valence-corrected chi connectivity index (χ0v) is 12.1. The van der Waals surface area contributed by atoms with Crippen molar-refractivity contribution in [3.63, 3.8) is 0 Å². The third kappa shape index (κ3) is 3.31. The summed E-state index contributed by atoms with van der Waals surface area (Å²) in [6.45, 7) is 1.02. The topological polar surface area (TPSA) is 67.0 Å². The first-order chi connectivity index (χ1) is 10.3. The number of carbonyl (C=O) groups is 1. The van der Waals surface area contributed by atoms with E-state index in [0.717, 1.165) is 16.8 Å². The summed E-state index contributed by atoms with van der Waals surface area (Å²) in [5.74, 6) is 0.423. The summed E-state index contributed by atoms with van der Waals surface area (Å²) in [4.78, 5) is 12.1. The lowest BCUT2D eigenvalue weighted by Crippen LogP contribution is -2.23. The van der Waals surface area contributed by atoms with Crippen molar-refractivity contribution in [3.8, 4) is 0 Å². The Morgan fingerprint density at radius 2 is 2.14 bits per heavy atom. The maximum atomic E-state index is 12.1. The number of hydrogen-bond acceptors (Lipinski definition) is 3. The highest BCUT2D eigenvalue weighted by Gasteiger charge is 2.26. The van der Waals surface area contributed by atoms with Crippen molar-refractivity contribution in [1.82, 2.24) is 15.5 Å². The fraction of sp³-hybridized carbons (Fsp3) is 0.375. The van der Waals surface area contributed by atoms with Crippen molar-refractivity contribution in [3.05, 3.63) is 52.8 Å². The van der Waals surface area contributed by atoms with Crippen LogP contribution in [-0.2, 0) is 17.9 Å². The molecule has 0 saturated heterocycles. The Morgan fingerprint density at radius 1 is 1.38 bits per heavy atom. The molecule has 2 aromatic rings. The van der Waals surface area contributed by atoms with Gasteiger partial charge in [-0.3, -0.25) is 9.89 Å². The normalized spacial score (nSPS) is 14.1. The molecule has 0 aliphatic heterocycles. The Labute approximate surface area is 123 Å².